The third-order valence-electron chi connectivity index (χ3n) is 4.81. The number of urea groups is 1. The average molecular weight is 421 g/mol. The van der Waals surface area contributed by atoms with Crippen molar-refractivity contribution < 1.29 is 9.59 Å². The normalized spacial score (nSPS) is 13.0. The maximum Gasteiger partial charge on any atom is 0.319 e. The van der Waals surface area contributed by atoms with Crippen LogP contribution in [0.3, 0.4) is 0 Å². The van der Waals surface area contributed by atoms with Crippen molar-refractivity contribution in [1.29, 1.82) is 0 Å². The van der Waals surface area contributed by atoms with E-state index in [2.05, 4.69) is 52.1 Å². The molecule has 0 aliphatic heterocycles. The Hall–Kier alpha value is -3.19. The number of aryl methyl sites for hydroxylation is 1. The zero-order chi connectivity index (χ0) is 20.9. The van der Waals surface area contributed by atoms with Gasteiger partial charge in [0.25, 0.3) is 5.91 Å². The van der Waals surface area contributed by atoms with Gasteiger partial charge in [-0.3, -0.25) is 4.79 Å². The number of anilines is 1. The van der Waals surface area contributed by atoms with Crippen LogP contribution in [0.15, 0.2) is 53.9 Å². The predicted octanol–water partition coefficient (Wildman–Crippen LogP) is 4.37. The summed E-state index contributed by atoms with van der Waals surface area (Å²) in [6, 6.07) is 15.3. The van der Waals surface area contributed by atoms with Crippen LogP contribution in [0, 0.1) is 6.92 Å². The Morgan fingerprint density at radius 3 is 2.70 bits per heavy atom. The van der Waals surface area contributed by atoms with E-state index in [-0.39, 0.29) is 11.9 Å². The molecule has 0 atom stereocenters. The molecule has 0 bridgehead atoms. The van der Waals surface area contributed by atoms with Crippen molar-refractivity contribution in [3.05, 3.63) is 70.7 Å². The fourth-order valence-corrected chi connectivity index (χ4v) is 3.82. The highest BCUT2D eigenvalue weighted by Gasteiger charge is 2.23. The first-order valence-corrected chi connectivity index (χ1v) is 10.9. The molecule has 1 aliphatic rings. The molecular weight excluding hydrogens is 396 g/mol. The van der Waals surface area contributed by atoms with E-state index >= 15 is 0 Å². The quantitative estimate of drug-likeness (QED) is 0.531. The van der Waals surface area contributed by atoms with Crippen molar-refractivity contribution in [2.24, 2.45) is 0 Å². The van der Waals surface area contributed by atoms with Gasteiger partial charge < -0.3 is 16.0 Å². The van der Waals surface area contributed by atoms with Crippen LogP contribution in [0.4, 0.5) is 10.5 Å². The van der Waals surface area contributed by atoms with Gasteiger partial charge in [-0.1, -0.05) is 35.9 Å². The van der Waals surface area contributed by atoms with Gasteiger partial charge in [0.2, 0.25) is 0 Å². The largest absolute Gasteiger partial charge is 0.349 e. The second-order valence-corrected chi connectivity index (χ2v) is 8.33. The van der Waals surface area contributed by atoms with E-state index in [1.165, 1.54) is 5.56 Å². The standard InChI is InChI=1S/C23H24N4O2S/c1-15-5-7-16(8-6-15)22-26-20(14-30-22)11-12-24-23(29)27-19-4-2-3-17(13-19)21(28)25-18-9-10-18/h2-8,13-14,18H,9-12H2,1H3,(H,25,28)(H2,24,27,29). The van der Waals surface area contributed by atoms with Crippen molar-refractivity contribution in [1.82, 2.24) is 15.6 Å². The summed E-state index contributed by atoms with van der Waals surface area (Å²) in [6.07, 6.45) is 2.73. The molecule has 1 aromatic heterocycles. The van der Waals surface area contributed by atoms with E-state index in [1.807, 2.05) is 5.38 Å². The highest BCUT2D eigenvalue weighted by molar-refractivity contribution is 7.13. The topological polar surface area (TPSA) is 83.1 Å². The Bertz CT molecular complexity index is 1040. The van der Waals surface area contributed by atoms with E-state index in [1.54, 1.807) is 35.6 Å². The molecule has 4 rings (SSSR count). The predicted molar refractivity (Wildman–Crippen MR) is 120 cm³/mol. The summed E-state index contributed by atoms with van der Waals surface area (Å²) in [4.78, 5) is 29.0. The van der Waals surface area contributed by atoms with Gasteiger partial charge >= 0.3 is 6.03 Å². The van der Waals surface area contributed by atoms with Crippen LogP contribution in [0.25, 0.3) is 10.6 Å². The number of benzene rings is 2. The van der Waals surface area contributed by atoms with Crippen molar-refractivity contribution >= 4 is 29.0 Å². The molecule has 1 saturated carbocycles. The Morgan fingerprint density at radius 2 is 1.93 bits per heavy atom. The second kappa shape index (κ2) is 9.09. The fraction of sp³-hybridized carbons (Fsp3) is 0.261. The van der Waals surface area contributed by atoms with Gasteiger partial charge in [0, 0.05) is 41.2 Å². The first-order chi connectivity index (χ1) is 14.6. The Morgan fingerprint density at radius 1 is 1.13 bits per heavy atom. The average Bonchev–Trinajstić information content (AvgIpc) is 3.43. The fourth-order valence-electron chi connectivity index (χ4n) is 2.96. The summed E-state index contributed by atoms with van der Waals surface area (Å²) in [6.45, 7) is 2.54. The summed E-state index contributed by atoms with van der Waals surface area (Å²) >= 11 is 1.61. The van der Waals surface area contributed by atoms with Crippen molar-refractivity contribution in [2.75, 3.05) is 11.9 Å². The Labute approximate surface area is 179 Å². The molecular formula is C23H24N4O2S. The lowest BCUT2D eigenvalue weighted by molar-refractivity contribution is 0.0951. The van der Waals surface area contributed by atoms with E-state index in [0.29, 0.717) is 30.3 Å². The van der Waals surface area contributed by atoms with Crippen LogP contribution in [0.1, 0.15) is 34.5 Å². The molecule has 0 unspecified atom stereocenters. The third kappa shape index (κ3) is 5.45. The minimum absolute atomic E-state index is 0.102. The maximum absolute atomic E-state index is 12.2. The molecule has 0 radical (unpaired) electrons. The molecule has 6 nitrogen and oxygen atoms in total. The third-order valence-corrected chi connectivity index (χ3v) is 5.75. The van der Waals surface area contributed by atoms with Crippen molar-refractivity contribution in [2.45, 2.75) is 32.2 Å². The van der Waals surface area contributed by atoms with Gasteiger partial charge in [-0.05, 0) is 38.0 Å². The van der Waals surface area contributed by atoms with Gasteiger partial charge in [-0.2, -0.15) is 0 Å². The highest BCUT2D eigenvalue weighted by atomic mass is 32.1. The molecule has 3 aromatic rings. The molecule has 3 amide bonds. The van der Waals surface area contributed by atoms with E-state index in [4.69, 9.17) is 0 Å². The van der Waals surface area contributed by atoms with Crippen LogP contribution in [-0.2, 0) is 6.42 Å². The van der Waals surface area contributed by atoms with Crippen LogP contribution in [0.2, 0.25) is 0 Å². The zero-order valence-corrected chi connectivity index (χ0v) is 17.6. The summed E-state index contributed by atoms with van der Waals surface area (Å²) in [7, 11) is 0. The van der Waals surface area contributed by atoms with Gasteiger partial charge in [-0.25, -0.2) is 9.78 Å². The zero-order valence-electron chi connectivity index (χ0n) is 16.8. The van der Waals surface area contributed by atoms with Gasteiger partial charge in [0.05, 0.1) is 5.69 Å². The highest BCUT2D eigenvalue weighted by Crippen LogP contribution is 2.24. The second-order valence-electron chi connectivity index (χ2n) is 7.47. The number of nitrogens with one attached hydrogen (secondary N) is 3. The maximum atomic E-state index is 12.2. The first-order valence-electron chi connectivity index (χ1n) is 10.0. The molecule has 1 fully saturated rings. The monoisotopic (exact) mass is 420 g/mol. The van der Waals surface area contributed by atoms with Crippen LogP contribution >= 0.6 is 11.3 Å². The lowest BCUT2D eigenvalue weighted by atomic mass is 10.2. The molecule has 154 valence electrons. The first kappa shape index (κ1) is 20.1. The minimum Gasteiger partial charge on any atom is -0.349 e. The van der Waals surface area contributed by atoms with E-state index < -0.39 is 0 Å². The number of rotatable bonds is 7. The number of aromatic nitrogens is 1. The SMILES string of the molecule is Cc1ccc(-c2nc(CCNC(=O)Nc3cccc(C(=O)NC4CC4)c3)cs2)cc1. The molecule has 2 aromatic carbocycles. The molecule has 1 aliphatic carbocycles. The van der Waals surface area contributed by atoms with Crippen LogP contribution in [-0.4, -0.2) is 29.5 Å². The Kier molecular flexibility index (Phi) is 6.09. The lowest BCUT2D eigenvalue weighted by Gasteiger charge is -2.09. The summed E-state index contributed by atoms with van der Waals surface area (Å²) in [5, 5.41) is 11.6. The molecule has 1 heterocycles. The van der Waals surface area contributed by atoms with Crippen LogP contribution < -0.4 is 16.0 Å². The summed E-state index contributed by atoms with van der Waals surface area (Å²) < 4.78 is 0. The molecule has 0 spiro atoms. The Balaban J connectivity index is 1.25. The minimum atomic E-state index is -0.302. The smallest absolute Gasteiger partial charge is 0.319 e. The van der Waals surface area contributed by atoms with Crippen molar-refractivity contribution in [3.63, 3.8) is 0 Å². The van der Waals surface area contributed by atoms with E-state index in [0.717, 1.165) is 29.1 Å². The van der Waals surface area contributed by atoms with Crippen LogP contribution in [0.5, 0.6) is 0 Å². The lowest BCUT2D eigenvalue weighted by Crippen LogP contribution is -2.30. The molecule has 3 N–H and O–H groups in total. The number of thiazole rings is 1. The van der Waals surface area contributed by atoms with Gasteiger partial charge in [0.1, 0.15) is 5.01 Å². The van der Waals surface area contributed by atoms with Gasteiger partial charge in [-0.15, -0.1) is 11.3 Å². The molecule has 7 heteroatoms. The number of nitrogens with zero attached hydrogens (tertiary/aromatic N) is 1. The van der Waals surface area contributed by atoms with Gasteiger partial charge in [0.15, 0.2) is 0 Å². The van der Waals surface area contributed by atoms with E-state index in [9.17, 15) is 9.59 Å². The molecule has 0 saturated heterocycles. The number of amides is 3. The number of hydrogen-bond donors (Lipinski definition) is 3. The number of carbonyl (C=O) groups excluding carboxylic acids is 2. The summed E-state index contributed by atoms with van der Waals surface area (Å²) in [5.74, 6) is -0.102. The number of hydrogen-bond acceptors (Lipinski definition) is 4. The number of carbonyl (C=O) groups is 2. The summed E-state index contributed by atoms with van der Waals surface area (Å²) in [5.41, 5.74) is 4.42. The van der Waals surface area contributed by atoms with Crippen molar-refractivity contribution in [3.8, 4) is 10.6 Å². The molecule has 30 heavy (non-hydrogen) atoms.